The molecule has 0 amide bonds. The first kappa shape index (κ1) is 17.9. The second-order valence-electron chi connectivity index (χ2n) is 5.59. The Morgan fingerprint density at radius 2 is 1.92 bits per heavy atom. The molecule has 3 rings (SSSR count). The van der Waals surface area contributed by atoms with Crippen LogP contribution < -0.4 is 4.72 Å². The summed E-state index contributed by atoms with van der Waals surface area (Å²) in [4.78, 5) is 3.15. The van der Waals surface area contributed by atoms with Gasteiger partial charge in [-0.05, 0) is 35.9 Å². The highest BCUT2D eigenvalue weighted by Crippen LogP contribution is 2.29. The quantitative estimate of drug-likeness (QED) is 0.645. The number of rotatable bonds is 6. The smallest absolute Gasteiger partial charge is 0.240 e. The van der Waals surface area contributed by atoms with Crippen LogP contribution in [0.2, 0.25) is 0 Å². The third kappa shape index (κ3) is 4.04. The van der Waals surface area contributed by atoms with Gasteiger partial charge in [-0.3, -0.25) is 0 Å². The molecule has 1 atom stereocenters. The van der Waals surface area contributed by atoms with Crippen LogP contribution in [-0.2, 0) is 21.2 Å². The summed E-state index contributed by atoms with van der Waals surface area (Å²) in [7, 11) is -3.63. The van der Waals surface area contributed by atoms with Crippen LogP contribution in [0.1, 0.15) is 0 Å². The number of benzene rings is 2. The number of hydrogen-bond donors (Lipinski definition) is 2. The van der Waals surface area contributed by atoms with E-state index >= 15 is 0 Å². The second kappa shape index (κ2) is 7.17. The van der Waals surface area contributed by atoms with Crippen molar-refractivity contribution in [1.82, 2.24) is 9.71 Å². The highest BCUT2D eigenvalue weighted by molar-refractivity contribution is 7.91. The van der Waals surface area contributed by atoms with Crippen molar-refractivity contribution < 1.29 is 17.4 Å². The Hall–Kier alpha value is -1.87. The Balaban J connectivity index is 1.84. The zero-order valence-electron chi connectivity index (χ0n) is 13.5. The lowest BCUT2D eigenvalue weighted by atomic mass is 10.1. The van der Waals surface area contributed by atoms with Crippen LogP contribution in [0.15, 0.2) is 53.6 Å². The van der Waals surface area contributed by atoms with E-state index in [1.807, 2.05) is 0 Å². The topological polar surface area (TPSA) is 85.0 Å². The molecule has 0 spiro atoms. The molecule has 0 saturated heterocycles. The van der Waals surface area contributed by atoms with Crippen molar-refractivity contribution in [3.63, 3.8) is 0 Å². The Labute approximate surface area is 148 Å². The molecule has 1 unspecified atom stereocenters. The molecule has 2 N–H and O–H groups in total. The average molecular weight is 380 g/mol. The minimum absolute atomic E-state index is 0.126. The van der Waals surface area contributed by atoms with E-state index in [1.54, 1.807) is 24.4 Å². The molecule has 0 fully saturated rings. The monoisotopic (exact) mass is 380 g/mol. The van der Waals surface area contributed by atoms with Crippen LogP contribution in [0.3, 0.4) is 0 Å². The number of aromatic amines is 1. The summed E-state index contributed by atoms with van der Waals surface area (Å²) >= 11 is -1.05. The highest BCUT2D eigenvalue weighted by atomic mass is 32.2. The molecule has 0 saturated carbocycles. The van der Waals surface area contributed by atoms with Crippen molar-refractivity contribution >= 4 is 32.1 Å². The SMILES string of the molecule is C[S+]([O-])CCNS(=O)(=O)c1ccc(-c2c[nH]c3cc(F)ccc23)cc1. The molecule has 0 aliphatic heterocycles. The van der Waals surface area contributed by atoms with Gasteiger partial charge < -0.3 is 9.54 Å². The first-order valence-corrected chi connectivity index (χ1v) is 10.7. The number of hydrogen-bond acceptors (Lipinski definition) is 3. The van der Waals surface area contributed by atoms with Gasteiger partial charge in [0, 0.05) is 22.7 Å². The predicted molar refractivity (Wildman–Crippen MR) is 97.8 cm³/mol. The Morgan fingerprint density at radius 3 is 2.60 bits per heavy atom. The van der Waals surface area contributed by atoms with Gasteiger partial charge in [-0.2, -0.15) is 0 Å². The third-order valence-electron chi connectivity index (χ3n) is 3.80. The van der Waals surface area contributed by atoms with E-state index in [9.17, 15) is 17.4 Å². The molecule has 25 heavy (non-hydrogen) atoms. The summed E-state index contributed by atoms with van der Waals surface area (Å²) < 4.78 is 51.1. The molecule has 0 bridgehead atoms. The average Bonchev–Trinajstić information content (AvgIpc) is 2.97. The maximum Gasteiger partial charge on any atom is 0.240 e. The van der Waals surface area contributed by atoms with E-state index in [4.69, 9.17) is 0 Å². The van der Waals surface area contributed by atoms with Gasteiger partial charge in [-0.25, -0.2) is 17.5 Å². The van der Waals surface area contributed by atoms with Gasteiger partial charge >= 0.3 is 0 Å². The van der Waals surface area contributed by atoms with Crippen molar-refractivity contribution in [2.24, 2.45) is 0 Å². The Bertz CT molecular complexity index is 983. The molecule has 8 heteroatoms. The van der Waals surface area contributed by atoms with Crippen LogP contribution in [-0.4, -0.2) is 36.5 Å². The van der Waals surface area contributed by atoms with Crippen LogP contribution >= 0.6 is 0 Å². The first-order chi connectivity index (χ1) is 11.9. The summed E-state index contributed by atoms with van der Waals surface area (Å²) in [6, 6.07) is 10.9. The Morgan fingerprint density at radius 1 is 1.20 bits per heavy atom. The van der Waals surface area contributed by atoms with Crippen LogP contribution in [0.4, 0.5) is 4.39 Å². The molecular weight excluding hydrogens is 363 g/mol. The maximum absolute atomic E-state index is 13.3. The third-order valence-corrected chi connectivity index (χ3v) is 6.06. The number of H-pyrrole nitrogens is 1. The molecule has 0 radical (unpaired) electrons. The fraction of sp³-hybridized carbons (Fsp3) is 0.176. The van der Waals surface area contributed by atoms with Gasteiger partial charge in [0.15, 0.2) is 0 Å². The number of aromatic nitrogens is 1. The minimum Gasteiger partial charge on any atom is -0.617 e. The molecule has 5 nitrogen and oxygen atoms in total. The molecule has 3 aromatic rings. The number of nitrogens with one attached hydrogen (secondary N) is 2. The zero-order chi connectivity index (χ0) is 18.0. The largest absolute Gasteiger partial charge is 0.617 e. The normalized spacial score (nSPS) is 13.2. The summed E-state index contributed by atoms with van der Waals surface area (Å²) in [5.74, 6) is -0.0510. The molecule has 0 aliphatic carbocycles. The van der Waals surface area contributed by atoms with Gasteiger partial charge in [0.1, 0.15) is 11.6 Å². The van der Waals surface area contributed by atoms with E-state index in [2.05, 4.69) is 9.71 Å². The van der Waals surface area contributed by atoms with E-state index in [0.29, 0.717) is 5.52 Å². The summed E-state index contributed by atoms with van der Waals surface area (Å²) in [6.07, 6.45) is 3.29. The standard InChI is InChI=1S/C17H17FN2O3S2/c1-24(21)9-8-20-25(22,23)14-5-2-12(3-6-14)16-11-19-17-10-13(18)4-7-15(16)17/h2-7,10-11,19-20H,8-9H2,1H3. The second-order valence-corrected chi connectivity index (χ2v) is 8.91. The molecule has 1 aromatic heterocycles. The molecule has 1 heterocycles. The zero-order valence-corrected chi connectivity index (χ0v) is 15.1. The predicted octanol–water partition coefficient (Wildman–Crippen LogP) is 2.63. The van der Waals surface area contributed by atoms with E-state index in [0.717, 1.165) is 16.5 Å². The summed E-state index contributed by atoms with van der Waals surface area (Å²) in [5, 5.41) is 0.862. The minimum atomic E-state index is -3.63. The van der Waals surface area contributed by atoms with Crippen molar-refractivity contribution in [3.05, 3.63) is 54.5 Å². The van der Waals surface area contributed by atoms with Gasteiger partial charge in [0.05, 0.1) is 17.7 Å². The van der Waals surface area contributed by atoms with Crippen LogP contribution in [0.5, 0.6) is 0 Å². The van der Waals surface area contributed by atoms with Gasteiger partial charge in [-0.1, -0.05) is 23.3 Å². The lowest BCUT2D eigenvalue weighted by molar-refractivity contribution is 0.581. The number of fused-ring (bicyclic) bond motifs is 1. The van der Waals surface area contributed by atoms with Crippen LogP contribution in [0, 0.1) is 5.82 Å². The molecule has 0 aliphatic rings. The van der Waals surface area contributed by atoms with Crippen molar-refractivity contribution in [2.75, 3.05) is 18.6 Å². The van der Waals surface area contributed by atoms with Crippen molar-refractivity contribution in [2.45, 2.75) is 4.90 Å². The lowest BCUT2D eigenvalue weighted by Crippen LogP contribution is -2.28. The van der Waals surface area contributed by atoms with E-state index in [1.165, 1.54) is 30.5 Å². The number of sulfonamides is 1. The number of halogens is 1. The first-order valence-electron chi connectivity index (χ1n) is 7.53. The van der Waals surface area contributed by atoms with Gasteiger partial charge in [0.25, 0.3) is 0 Å². The summed E-state index contributed by atoms with van der Waals surface area (Å²) in [5.41, 5.74) is 2.38. The lowest BCUT2D eigenvalue weighted by Gasteiger charge is -2.08. The maximum atomic E-state index is 13.3. The van der Waals surface area contributed by atoms with Crippen molar-refractivity contribution in [1.29, 1.82) is 0 Å². The fourth-order valence-electron chi connectivity index (χ4n) is 2.55. The van der Waals surface area contributed by atoms with E-state index < -0.39 is 21.2 Å². The molecular formula is C17H17FN2O3S2. The van der Waals surface area contributed by atoms with Gasteiger partial charge in [-0.15, -0.1) is 0 Å². The molecule has 132 valence electrons. The fourth-order valence-corrected chi connectivity index (χ4v) is 4.10. The highest BCUT2D eigenvalue weighted by Gasteiger charge is 2.15. The molecule has 2 aromatic carbocycles. The Kier molecular flexibility index (Phi) is 5.14. The van der Waals surface area contributed by atoms with Gasteiger partial charge in [0.2, 0.25) is 10.0 Å². The van der Waals surface area contributed by atoms with Crippen molar-refractivity contribution in [3.8, 4) is 11.1 Å². The van der Waals surface area contributed by atoms with E-state index in [-0.39, 0.29) is 23.0 Å². The summed E-state index contributed by atoms with van der Waals surface area (Å²) in [6.45, 7) is 0.126. The van der Waals surface area contributed by atoms with Crippen LogP contribution in [0.25, 0.3) is 22.0 Å².